The van der Waals surface area contributed by atoms with Gasteiger partial charge in [-0.25, -0.2) is 9.18 Å². The Hall–Kier alpha value is -3.23. The number of hydrogen-bond donors (Lipinski definition) is 3. The minimum absolute atomic E-state index is 0.104. The molecule has 2 aromatic rings. The number of benzene rings is 2. The number of nitrogens with zero attached hydrogens (tertiary/aromatic N) is 1. The van der Waals surface area contributed by atoms with Gasteiger partial charge in [0.15, 0.2) is 0 Å². The monoisotopic (exact) mass is 444 g/mol. The van der Waals surface area contributed by atoms with Crippen molar-refractivity contribution in [3.05, 3.63) is 69.5 Å². The maximum absolute atomic E-state index is 13.4. The molecule has 7 nitrogen and oxygen atoms in total. The van der Waals surface area contributed by atoms with E-state index in [2.05, 4.69) is 5.32 Å². The lowest BCUT2D eigenvalue weighted by atomic mass is 10.0. The fraction of sp³-hybridized carbons (Fsp3) is 0.227. The van der Waals surface area contributed by atoms with Crippen LogP contribution in [0.5, 0.6) is 0 Å². The lowest BCUT2D eigenvalue weighted by molar-refractivity contribution is -0.149. The number of rotatable bonds is 5. The molecule has 1 heterocycles. The van der Waals surface area contributed by atoms with Crippen molar-refractivity contribution in [3.63, 3.8) is 0 Å². The fourth-order valence-corrected chi connectivity index (χ4v) is 4.08. The molecule has 0 bridgehead atoms. The topological polar surface area (TPSA) is 107 Å². The molecular weight excluding hydrogens is 427 g/mol. The number of aliphatic carboxylic acids is 1. The highest BCUT2D eigenvalue weighted by molar-refractivity contribution is 6.30. The van der Waals surface area contributed by atoms with E-state index in [0.29, 0.717) is 23.2 Å². The molecule has 1 aliphatic carbocycles. The van der Waals surface area contributed by atoms with E-state index in [-0.39, 0.29) is 30.1 Å². The van der Waals surface area contributed by atoms with Crippen LogP contribution in [0.25, 0.3) is 6.08 Å². The van der Waals surface area contributed by atoms with Gasteiger partial charge in [0, 0.05) is 42.2 Å². The van der Waals surface area contributed by atoms with Gasteiger partial charge < -0.3 is 20.4 Å². The number of halogens is 2. The number of carboxylic acid groups (broad SMARTS) is 1. The number of fused-ring (bicyclic) bond motifs is 1. The number of anilines is 1. The summed E-state index contributed by atoms with van der Waals surface area (Å²) in [7, 11) is 0. The number of carbonyl (C=O) groups is 3. The molecule has 2 amide bonds. The summed E-state index contributed by atoms with van der Waals surface area (Å²) in [5.74, 6) is -3.21. The zero-order valence-electron chi connectivity index (χ0n) is 16.2. The van der Waals surface area contributed by atoms with Crippen molar-refractivity contribution in [2.45, 2.75) is 25.0 Å². The first-order valence-corrected chi connectivity index (χ1v) is 9.89. The average molecular weight is 445 g/mol. The molecular formula is C22H18ClFN2O5. The van der Waals surface area contributed by atoms with Gasteiger partial charge in [-0.3, -0.25) is 9.59 Å². The van der Waals surface area contributed by atoms with Crippen LogP contribution in [0.2, 0.25) is 5.02 Å². The molecule has 2 aromatic carbocycles. The van der Waals surface area contributed by atoms with E-state index in [1.54, 1.807) is 24.3 Å². The average Bonchev–Trinajstić information content (AvgIpc) is 3.27. The third kappa shape index (κ3) is 3.92. The van der Waals surface area contributed by atoms with Gasteiger partial charge in [-0.1, -0.05) is 17.7 Å². The van der Waals surface area contributed by atoms with Gasteiger partial charge in [-0.05, 0) is 53.1 Å². The SMILES string of the molecule is O=C(O)C1=Cc2cc(N3CC[C@@](O)(C(=O)NCc4cc(F)cc(Cl)c4)C3=O)ccc2C1. The number of nitrogens with one attached hydrogen (secondary N) is 1. The second kappa shape index (κ2) is 7.79. The highest BCUT2D eigenvalue weighted by atomic mass is 35.5. The van der Waals surface area contributed by atoms with Crippen LogP contribution in [0.3, 0.4) is 0 Å². The Bertz CT molecular complexity index is 1130. The molecule has 1 aliphatic heterocycles. The molecule has 0 unspecified atom stereocenters. The first-order chi connectivity index (χ1) is 14.7. The molecule has 160 valence electrons. The number of carboxylic acids is 1. The predicted octanol–water partition coefficient (Wildman–Crippen LogP) is 2.29. The summed E-state index contributed by atoms with van der Waals surface area (Å²) < 4.78 is 13.4. The van der Waals surface area contributed by atoms with Crippen LogP contribution in [0.15, 0.2) is 42.0 Å². The van der Waals surface area contributed by atoms with Gasteiger partial charge in [0.25, 0.3) is 11.8 Å². The quantitative estimate of drug-likeness (QED) is 0.613. The van der Waals surface area contributed by atoms with Gasteiger partial charge in [0.2, 0.25) is 5.60 Å². The zero-order chi connectivity index (χ0) is 22.3. The van der Waals surface area contributed by atoms with E-state index in [0.717, 1.165) is 11.6 Å². The van der Waals surface area contributed by atoms with Crippen LogP contribution < -0.4 is 10.2 Å². The summed E-state index contributed by atoms with van der Waals surface area (Å²) in [6.45, 7) is 0.0103. The molecule has 2 aliphatic rings. The third-order valence-electron chi connectivity index (χ3n) is 5.47. The Balaban J connectivity index is 1.48. The Labute approximate surface area is 181 Å². The summed E-state index contributed by atoms with van der Waals surface area (Å²) in [6.07, 6.45) is 1.73. The summed E-state index contributed by atoms with van der Waals surface area (Å²) in [4.78, 5) is 38.0. The Morgan fingerprint density at radius 3 is 2.71 bits per heavy atom. The minimum atomic E-state index is -2.25. The lowest BCUT2D eigenvalue weighted by Crippen LogP contribution is -2.52. The number of amides is 2. The van der Waals surface area contributed by atoms with Crippen molar-refractivity contribution in [1.82, 2.24) is 5.32 Å². The standard InChI is InChI=1S/C22H18ClFN2O5/c23-16-5-12(6-17(24)10-16)11-25-20(29)22(31)3-4-26(21(22)30)18-2-1-13-7-15(19(27)28)8-14(13)9-18/h1-2,5-6,8-10,31H,3-4,7,11H2,(H,25,29)(H,27,28)/t22-/m1/s1. The van der Waals surface area contributed by atoms with E-state index >= 15 is 0 Å². The first kappa shape index (κ1) is 21.0. The van der Waals surface area contributed by atoms with Gasteiger partial charge in [-0.2, -0.15) is 0 Å². The van der Waals surface area contributed by atoms with Gasteiger partial charge in [0.1, 0.15) is 5.82 Å². The van der Waals surface area contributed by atoms with E-state index in [1.165, 1.54) is 17.0 Å². The lowest BCUT2D eigenvalue weighted by Gasteiger charge is -2.22. The third-order valence-corrected chi connectivity index (χ3v) is 5.69. The summed E-state index contributed by atoms with van der Waals surface area (Å²) in [5, 5.41) is 22.6. The highest BCUT2D eigenvalue weighted by Crippen LogP contribution is 2.33. The van der Waals surface area contributed by atoms with E-state index < -0.39 is 29.2 Å². The van der Waals surface area contributed by atoms with Crippen molar-refractivity contribution in [3.8, 4) is 0 Å². The number of aliphatic hydroxyl groups is 1. The molecule has 1 fully saturated rings. The van der Waals surface area contributed by atoms with Crippen LogP contribution in [0.4, 0.5) is 10.1 Å². The molecule has 9 heteroatoms. The molecule has 0 aromatic heterocycles. The van der Waals surface area contributed by atoms with Gasteiger partial charge >= 0.3 is 5.97 Å². The van der Waals surface area contributed by atoms with Crippen molar-refractivity contribution in [2.75, 3.05) is 11.4 Å². The predicted molar refractivity (Wildman–Crippen MR) is 111 cm³/mol. The number of hydrogen-bond acceptors (Lipinski definition) is 4. The maximum Gasteiger partial charge on any atom is 0.331 e. The summed E-state index contributed by atoms with van der Waals surface area (Å²) in [6, 6.07) is 8.86. The van der Waals surface area contributed by atoms with Crippen LogP contribution in [0, 0.1) is 5.82 Å². The Kier molecular flexibility index (Phi) is 5.28. The van der Waals surface area contributed by atoms with Crippen LogP contribution in [-0.2, 0) is 27.3 Å². The van der Waals surface area contributed by atoms with Crippen molar-refractivity contribution in [2.24, 2.45) is 0 Å². The molecule has 0 radical (unpaired) electrons. The van der Waals surface area contributed by atoms with Crippen molar-refractivity contribution >= 4 is 41.1 Å². The Morgan fingerprint density at radius 2 is 2.00 bits per heavy atom. The zero-order valence-corrected chi connectivity index (χ0v) is 16.9. The Morgan fingerprint density at radius 1 is 1.23 bits per heavy atom. The molecule has 1 saturated heterocycles. The molecule has 1 atom stereocenters. The fourth-order valence-electron chi connectivity index (χ4n) is 3.83. The molecule has 3 N–H and O–H groups in total. The number of carbonyl (C=O) groups excluding carboxylic acids is 2. The largest absolute Gasteiger partial charge is 0.478 e. The first-order valence-electron chi connectivity index (χ1n) is 9.52. The van der Waals surface area contributed by atoms with Gasteiger partial charge in [-0.15, -0.1) is 0 Å². The van der Waals surface area contributed by atoms with Gasteiger partial charge in [0.05, 0.1) is 0 Å². The highest BCUT2D eigenvalue weighted by Gasteiger charge is 2.51. The summed E-state index contributed by atoms with van der Waals surface area (Å²) in [5.41, 5.74) is 0.377. The summed E-state index contributed by atoms with van der Waals surface area (Å²) >= 11 is 5.80. The smallest absolute Gasteiger partial charge is 0.331 e. The second-order valence-electron chi connectivity index (χ2n) is 7.56. The molecule has 0 saturated carbocycles. The van der Waals surface area contributed by atoms with E-state index in [1.807, 2.05) is 0 Å². The molecule has 31 heavy (non-hydrogen) atoms. The second-order valence-corrected chi connectivity index (χ2v) is 8.00. The van der Waals surface area contributed by atoms with Crippen LogP contribution >= 0.6 is 11.6 Å². The maximum atomic E-state index is 13.4. The minimum Gasteiger partial charge on any atom is -0.478 e. The van der Waals surface area contributed by atoms with E-state index in [9.17, 15) is 23.9 Å². The van der Waals surface area contributed by atoms with Crippen molar-refractivity contribution < 1.29 is 29.0 Å². The normalized spacial score (nSPS) is 19.9. The molecule has 0 spiro atoms. The van der Waals surface area contributed by atoms with Crippen LogP contribution in [0.1, 0.15) is 23.1 Å². The van der Waals surface area contributed by atoms with E-state index in [4.69, 9.17) is 16.7 Å². The molecule has 4 rings (SSSR count). The van der Waals surface area contributed by atoms with Crippen LogP contribution in [-0.4, -0.2) is 40.1 Å². The van der Waals surface area contributed by atoms with Crippen molar-refractivity contribution in [1.29, 1.82) is 0 Å².